The fraction of sp³-hybridized carbons (Fsp3) is 0.235. The van der Waals surface area contributed by atoms with Gasteiger partial charge in [-0.3, -0.25) is 4.79 Å². The average molecular weight is 303 g/mol. The summed E-state index contributed by atoms with van der Waals surface area (Å²) in [6.07, 6.45) is 0.432. The molecular formula is C17H15ClO3. The van der Waals surface area contributed by atoms with Gasteiger partial charge in [-0.1, -0.05) is 41.9 Å². The van der Waals surface area contributed by atoms with E-state index in [0.717, 1.165) is 11.1 Å². The molecule has 3 rings (SSSR count). The lowest BCUT2D eigenvalue weighted by Gasteiger charge is -2.15. The number of aliphatic hydroxyl groups is 1. The van der Waals surface area contributed by atoms with Gasteiger partial charge in [0, 0.05) is 28.1 Å². The van der Waals surface area contributed by atoms with Gasteiger partial charge in [0.05, 0.1) is 0 Å². The van der Waals surface area contributed by atoms with Crippen LogP contribution in [-0.4, -0.2) is 17.5 Å². The van der Waals surface area contributed by atoms with Crippen molar-refractivity contribution < 1.29 is 14.6 Å². The molecule has 0 heterocycles. The number of rotatable bonds is 4. The first-order valence-electron chi connectivity index (χ1n) is 6.87. The zero-order valence-electron chi connectivity index (χ0n) is 11.4. The van der Waals surface area contributed by atoms with E-state index in [1.54, 1.807) is 18.2 Å². The molecule has 0 aromatic heterocycles. The second-order valence-corrected chi connectivity index (χ2v) is 5.46. The number of carbonyl (C=O) groups excluding carboxylic acids is 1. The van der Waals surface area contributed by atoms with Gasteiger partial charge in [-0.05, 0) is 18.6 Å². The molecule has 1 atom stereocenters. The first-order chi connectivity index (χ1) is 10.2. The van der Waals surface area contributed by atoms with E-state index in [1.165, 1.54) is 0 Å². The van der Waals surface area contributed by atoms with Crippen LogP contribution in [0.4, 0.5) is 0 Å². The summed E-state index contributed by atoms with van der Waals surface area (Å²) in [6.45, 7) is 0.106. The van der Waals surface area contributed by atoms with Gasteiger partial charge in [-0.25, -0.2) is 0 Å². The Bertz CT molecular complexity index is 681. The monoisotopic (exact) mass is 302 g/mol. The molecule has 0 radical (unpaired) electrons. The van der Waals surface area contributed by atoms with E-state index in [-0.39, 0.29) is 12.4 Å². The lowest BCUT2D eigenvalue weighted by atomic mass is 10.1. The number of halogens is 1. The molecule has 0 spiro atoms. The Kier molecular flexibility index (Phi) is 3.95. The summed E-state index contributed by atoms with van der Waals surface area (Å²) >= 11 is 6.05. The van der Waals surface area contributed by atoms with Crippen LogP contribution in [-0.2, 0) is 6.42 Å². The minimum atomic E-state index is -0.799. The Hall–Kier alpha value is -1.84. The Morgan fingerprint density at radius 1 is 1.14 bits per heavy atom. The van der Waals surface area contributed by atoms with Crippen molar-refractivity contribution in [2.24, 2.45) is 0 Å². The second-order valence-electron chi connectivity index (χ2n) is 5.05. The van der Waals surface area contributed by atoms with Crippen molar-refractivity contribution in [2.75, 3.05) is 6.61 Å². The number of hydrogen-bond donors (Lipinski definition) is 1. The van der Waals surface area contributed by atoms with Crippen LogP contribution in [0.25, 0.3) is 0 Å². The van der Waals surface area contributed by atoms with Crippen LogP contribution >= 0.6 is 11.6 Å². The predicted molar refractivity (Wildman–Crippen MR) is 81.0 cm³/mol. The van der Waals surface area contributed by atoms with Crippen molar-refractivity contribution in [3.63, 3.8) is 0 Å². The number of ketones is 1. The van der Waals surface area contributed by atoms with Crippen LogP contribution in [0, 0.1) is 0 Å². The van der Waals surface area contributed by atoms with Gasteiger partial charge in [-0.2, -0.15) is 0 Å². The number of ether oxygens (including phenoxy) is 1. The van der Waals surface area contributed by atoms with Crippen LogP contribution in [0.2, 0.25) is 5.02 Å². The maximum atomic E-state index is 11.7. The van der Waals surface area contributed by atoms with Gasteiger partial charge in [0.25, 0.3) is 0 Å². The third kappa shape index (κ3) is 2.80. The van der Waals surface area contributed by atoms with E-state index >= 15 is 0 Å². The summed E-state index contributed by atoms with van der Waals surface area (Å²) in [5.41, 5.74) is 2.32. The first-order valence-corrected chi connectivity index (χ1v) is 7.25. The highest BCUT2D eigenvalue weighted by atomic mass is 35.5. The fourth-order valence-electron chi connectivity index (χ4n) is 2.60. The van der Waals surface area contributed by atoms with E-state index < -0.39 is 6.10 Å². The summed E-state index contributed by atoms with van der Waals surface area (Å²) in [5.74, 6) is 0.826. The molecule has 21 heavy (non-hydrogen) atoms. The van der Waals surface area contributed by atoms with Gasteiger partial charge >= 0.3 is 0 Å². The Balaban J connectivity index is 1.74. The molecule has 2 aromatic carbocycles. The predicted octanol–water partition coefficient (Wildman–Crippen LogP) is 3.58. The molecule has 0 saturated heterocycles. The minimum Gasteiger partial charge on any atom is -0.490 e. The quantitative estimate of drug-likeness (QED) is 0.939. The number of Topliss-reactive ketones (excluding diaryl/α,β-unsaturated/α-hetero) is 1. The number of aliphatic hydroxyl groups excluding tert-OH is 1. The van der Waals surface area contributed by atoms with Crippen molar-refractivity contribution in [1.82, 2.24) is 0 Å². The lowest BCUT2D eigenvalue weighted by molar-refractivity contribution is 0.0994. The van der Waals surface area contributed by atoms with Crippen molar-refractivity contribution in [1.29, 1.82) is 0 Å². The van der Waals surface area contributed by atoms with Crippen molar-refractivity contribution >= 4 is 17.4 Å². The third-order valence-electron chi connectivity index (χ3n) is 3.70. The molecule has 0 bridgehead atoms. The van der Waals surface area contributed by atoms with Gasteiger partial charge < -0.3 is 9.84 Å². The SMILES string of the molecule is O=C1CCc2c(OCC(O)c3ccccc3Cl)cccc21. The molecule has 1 N–H and O–H groups in total. The molecule has 4 heteroatoms. The summed E-state index contributed by atoms with van der Waals surface area (Å²) in [6, 6.07) is 12.6. The van der Waals surface area contributed by atoms with Crippen LogP contribution in [0.5, 0.6) is 5.75 Å². The topological polar surface area (TPSA) is 46.5 Å². The van der Waals surface area contributed by atoms with E-state index in [4.69, 9.17) is 16.3 Å². The second kappa shape index (κ2) is 5.88. The van der Waals surface area contributed by atoms with E-state index in [9.17, 15) is 9.90 Å². The molecule has 2 aromatic rings. The van der Waals surface area contributed by atoms with Crippen molar-refractivity contribution in [3.05, 3.63) is 64.2 Å². The molecular weight excluding hydrogens is 288 g/mol. The van der Waals surface area contributed by atoms with Gasteiger partial charge in [-0.15, -0.1) is 0 Å². The zero-order chi connectivity index (χ0) is 14.8. The van der Waals surface area contributed by atoms with Crippen LogP contribution in [0.3, 0.4) is 0 Å². The van der Waals surface area contributed by atoms with Gasteiger partial charge in [0.15, 0.2) is 5.78 Å². The average Bonchev–Trinajstić information content (AvgIpc) is 2.87. The molecule has 3 nitrogen and oxygen atoms in total. The maximum Gasteiger partial charge on any atom is 0.163 e. The van der Waals surface area contributed by atoms with Crippen LogP contribution in [0.15, 0.2) is 42.5 Å². The molecule has 0 fully saturated rings. The largest absolute Gasteiger partial charge is 0.490 e. The number of benzene rings is 2. The maximum absolute atomic E-state index is 11.7. The highest BCUT2D eigenvalue weighted by Crippen LogP contribution is 2.31. The smallest absolute Gasteiger partial charge is 0.163 e. The zero-order valence-corrected chi connectivity index (χ0v) is 12.1. The Labute approximate surface area is 128 Å². The molecule has 1 unspecified atom stereocenters. The number of hydrogen-bond acceptors (Lipinski definition) is 3. The summed E-state index contributed by atoms with van der Waals surface area (Å²) in [4.78, 5) is 11.7. The van der Waals surface area contributed by atoms with Crippen molar-refractivity contribution in [3.8, 4) is 5.75 Å². The standard InChI is InChI=1S/C17H15ClO3/c18-14-6-2-1-4-13(14)16(20)10-21-17-7-3-5-11-12(17)8-9-15(11)19/h1-7,16,20H,8-10H2. The molecule has 0 saturated carbocycles. The molecule has 1 aliphatic carbocycles. The summed E-state index contributed by atoms with van der Waals surface area (Å²) in [7, 11) is 0. The molecule has 108 valence electrons. The lowest BCUT2D eigenvalue weighted by Crippen LogP contribution is -2.11. The van der Waals surface area contributed by atoms with Crippen LogP contribution < -0.4 is 4.74 Å². The summed E-state index contributed by atoms with van der Waals surface area (Å²) < 4.78 is 5.71. The molecule has 0 amide bonds. The fourth-order valence-corrected chi connectivity index (χ4v) is 2.86. The third-order valence-corrected chi connectivity index (χ3v) is 4.04. The van der Waals surface area contributed by atoms with Crippen LogP contribution in [0.1, 0.15) is 34.0 Å². The Morgan fingerprint density at radius 2 is 1.95 bits per heavy atom. The highest BCUT2D eigenvalue weighted by Gasteiger charge is 2.23. The van der Waals surface area contributed by atoms with Gasteiger partial charge in [0.2, 0.25) is 0 Å². The Morgan fingerprint density at radius 3 is 2.76 bits per heavy atom. The minimum absolute atomic E-state index is 0.106. The molecule has 1 aliphatic rings. The van der Waals surface area contributed by atoms with E-state index in [0.29, 0.717) is 29.2 Å². The summed E-state index contributed by atoms with van der Waals surface area (Å²) in [5, 5.41) is 10.7. The molecule has 0 aliphatic heterocycles. The number of carbonyl (C=O) groups is 1. The van der Waals surface area contributed by atoms with Crippen molar-refractivity contribution in [2.45, 2.75) is 18.9 Å². The normalized spacial score (nSPS) is 14.9. The number of fused-ring (bicyclic) bond motifs is 1. The first kappa shape index (κ1) is 14.1. The van der Waals surface area contributed by atoms with E-state index in [1.807, 2.05) is 24.3 Å². The van der Waals surface area contributed by atoms with E-state index in [2.05, 4.69) is 0 Å². The highest BCUT2D eigenvalue weighted by molar-refractivity contribution is 6.31. The van der Waals surface area contributed by atoms with Gasteiger partial charge in [0.1, 0.15) is 18.5 Å².